The summed E-state index contributed by atoms with van der Waals surface area (Å²) in [5.74, 6) is 0. The molecule has 0 amide bonds. The molecule has 1 aromatic carbocycles. The lowest BCUT2D eigenvalue weighted by Crippen LogP contribution is -1.98. The molecule has 0 saturated heterocycles. The van der Waals surface area contributed by atoms with Gasteiger partial charge in [-0.05, 0) is 25.5 Å². The highest BCUT2D eigenvalue weighted by Crippen LogP contribution is 2.11. The highest BCUT2D eigenvalue weighted by Gasteiger charge is 2.03. The van der Waals surface area contributed by atoms with Crippen LogP contribution in [0.2, 0.25) is 0 Å². The van der Waals surface area contributed by atoms with Gasteiger partial charge in [-0.1, -0.05) is 23.8 Å². The lowest BCUT2D eigenvalue weighted by atomic mass is 10.2. The van der Waals surface area contributed by atoms with E-state index in [1.807, 2.05) is 37.3 Å². The second kappa shape index (κ2) is 5.12. The van der Waals surface area contributed by atoms with Crippen molar-refractivity contribution in [3.05, 3.63) is 42.5 Å². The van der Waals surface area contributed by atoms with Crippen molar-refractivity contribution < 1.29 is 4.21 Å². The Hall–Kier alpha value is -1.09. The van der Waals surface area contributed by atoms with Gasteiger partial charge in [-0.2, -0.15) is 0 Å². The summed E-state index contributed by atoms with van der Waals surface area (Å²) in [4.78, 5) is 0.798. The quantitative estimate of drug-likeness (QED) is 0.721. The van der Waals surface area contributed by atoms with Gasteiger partial charge in [0.15, 0.2) is 0 Å². The molecule has 82 valence electrons. The fraction of sp³-hybridized carbons (Fsp3) is 0.333. The Bertz CT molecular complexity index is 442. The topological polar surface area (TPSA) is 29.4 Å². The molecular formula is C12H17NOS. The summed E-state index contributed by atoms with van der Waals surface area (Å²) in [6, 6.07) is 9.38. The minimum atomic E-state index is -2.22. The lowest BCUT2D eigenvalue weighted by Gasteiger charge is -2.04. The molecule has 1 atom stereocenters. The normalized spacial score (nSPS) is 14.3. The van der Waals surface area contributed by atoms with Crippen LogP contribution in [0.3, 0.4) is 0 Å². The SMILES string of the molecule is C=C(C)CCN=S(C)(=O)c1ccccc1. The van der Waals surface area contributed by atoms with E-state index in [2.05, 4.69) is 10.9 Å². The smallest absolute Gasteiger partial charge is 0.0723 e. The summed E-state index contributed by atoms with van der Waals surface area (Å²) in [7, 11) is -2.22. The molecule has 1 aromatic rings. The van der Waals surface area contributed by atoms with Gasteiger partial charge in [-0.15, -0.1) is 6.58 Å². The Balaban J connectivity index is 2.84. The zero-order valence-corrected chi connectivity index (χ0v) is 10.1. The predicted molar refractivity (Wildman–Crippen MR) is 65.5 cm³/mol. The maximum absolute atomic E-state index is 12.2. The zero-order valence-electron chi connectivity index (χ0n) is 9.27. The number of hydrogen-bond acceptors (Lipinski definition) is 2. The van der Waals surface area contributed by atoms with Crippen molar-refractivity contribution >= 4 is 9.73 Å². The number of hydrogen-bond donors (Lipinski definition) is 0. The monoisotopic (exact) mass is 223 g/mol. The van der Waals surface area contributed by atoms with E-state index in [-0.39, 0.29) is 0 Å². The van der Waals surface area contributed by atoms with Crippen molar-refractivity contribution in [2.24, 2.45) is 4.36 Å². The third-order valence-electron chi connectivity index (χ3n) is 2.06. The van der Waals surface area contributed by atoms with Crippen LogP contribution in [0.1, 0.15) is 13.3 Å². The number of benzene rings is 1. The van der Waals surface area contributed by atoms with Crippen molar-refractivity contribution in [3.63, 3.8) is 0 Å². The Morgan fingerprint density at radius 1 is 1.40 bits per heavy atom. The predicted octanol–water partition coefficient (Wildman–Crippen LogP) is 3.11. The summed E-state index contributed by atoms with van der Waals surface area (Å²) in [6.45, 7) is 6.33. The first-order valence-corrected chi connectivity index (χ1v) is 6.82. The first-order chi connectivity index (χ1) is 7.02. The second-order valence-electron chi connectivity index (χ2n) is 3.68. The van der Waals surface area contributed by atoms with Crippen molar-refractivity contribution in [3.8, 4) is 0 Å². The lowest BCUT2D eigenvalue weighted by molar-refractivity contribution is 0.678. The van der Waals surface area contributed by atoms with E-state index >= 15 is 0 Å². The highest BCUT2D eigenvalue weighted by atomic mass is 32.2. The second-order valence-corrected chi connectivity index (χ2v) is 6.01. The van der Waals surface area contributed by atoms with Gasteiger partial charge in [0.25, 0.3) is 0 Å². The fourth-order valence-electron chi connectivity index (χ4n) is 1.16. The Morgan fingerprint density at radius 2 is 2.00 bits per heavy atom. The van der Waals surface area contributed by atoms with E-state index in [1.54, 1.807) is 6.26 Å². The van der Waals surface area contributed by atoms with Crippen molar-refractivity contribution in [2.45, 2.75) is 18.2 Å². The van der Waals surface area contributed by atoms with Gasteiger partial charge in [0, 0.05) is 11.2 Å². The first-order valence-electron chi connectivity index (χ1n) is 4.90. The molecular weight excluding hydrogens is 206 g/mol. The van der Waals surface area contributed by atoms with Crippen LogP contribution in [-0.2, 0) is 9.73 Å². The molecule has 0 aliphatic heterocycles. The minimum Gasteiger partial charge on any atom is -0.245 e. The van der Waals surface area contributed by atoms with Crippen LogP contribution >= 0.6 is 0 Å². The summed E-state index contributed by atoms with van der Waals surface area (Å²) in [5.41, 5.74) is 1.07. The molecule has 15 heavy (non-hydrogen) atoms. The van der Waals surface area contributed by atoms with Crippen molar-refractivity contribution in [2.75, 3.05) is 12.8 Å². The Kier molecular flexibility index (Phi) is 4.09. The van der Waals surface area contributed by atoms with Gasteiger partial charge >= 0.3 is 0 Å². The molecule has 0 bridgehead atoms. The third-order valence-corrected chi connectivity index (χ3v) is 3.88. The van der Waals surface area contributed by atoms with Crippen LogP contribution in [0.5, 0.6) is 0 Å². The summed E-state index contributed by atoms with van der Waals surface area (Å²) in [6.07, 6.45) is 2.48. The van der Waals surface area contributed by atoms with E-state index in [0.717, 1.165) is 16.9 Å². The molecule has 0 radical (unpaired) electrons. The van der Waals surface area contributed by atoms with Gasteiger partial charge in [0.1, 0.15) is 0 Å². The largest absolute Gasteiger partial charge is 0.245 e. The highest BCUT2D eigenvalue weighted by molar-refractivity contribution is 7.93. The summed E-state index contributed by atoms with van der Waals surface area (Å²) in [5, 5.41) is 0. The number of nitrogens with zero attached hydrogens (tertiary/aromatic N) is 1. The molecule has 0 aliphatic rings. The van der Waals surface area contributed by atoms with Gasteiger partial charge in [-0.3, -0.25) is 0 Å². The maximum atomic E-state index is 12.2. The molecule has 0 N–H and O–H groups in total. The Labute approximate surface area is 92.2 Å². The van der Waals surface area contributed by atoms with Crippen molar-refractivity contribution in [1.82, 2.24) is 0 Å². The van der Waals surface area contributed by atoms with Crippen LogP contribution in [0.25, 0.3) is 0 Å². The van der Waals surface area contributed by atoms with Crippen LogP contribution in [0, 0.1) is 0 Å². The van der Waals surface area contributed by atoms with Gasteiger partial charge in [0.05, 0.1) is 16.3 Å². The fourth-order valence-corrected chi connectivity index (χ4v) is 2.41. The van der Waals surface area contributed by atoms with Crippen molar-refractivity contribution in [1.29, 1.82) is 0 Å². The zero-order chi connectivity index (χ0) is 11.3. The average molecular weight is 223 g/mol. The van der Waals surface area contributed by atoms with E-state index in [0.29, 0.717) is 6.54 Å². The molecule has 0 aromatic heterocycles. The summed E-state index contributed by atoms with van der Waals surface area (Å²) < 4.78 is 16.4. The maximum Gasteiger partial charge on any atom is 0.0723 e. The Morgan fingerprint density at radius 3 is 2.53 bits per heavy atom. The minimum absolute atomic E-state index is 0.583. The molecule has 2 nitrogen and oxygen atoms in total. The van der Waals surface area contributed by atoms with Gasteiger partial charge in [-0.25, -0.2) is 8.57 Å². The molecule has 3 heteroatoms. The van der Waals surface area contributed by atoms with E-state index in [4.69, 9.17) is 0 Å². The first kappa shape index (κ1) is 12.0. The van der Waals surface area contributed by atoms with Gasteiger partial charge < -0.3 is 0 Å². The van der Waals surface area contributed by atoms with E-state index in [1.165, 1.54) is 0 Å². The molecule has 0 saturated carbocycles. The van der Waals surface area contributed by atoms with Crippen LogP contribution in [-0.4, -0.2) is 17.0 Å². The van der Waals surface area contributed by atoms with E-state index in [9.17, 15) is 4.21 Å². The van der Waals surface area contributed by atoms with Crippen LogP contribution in [0.15, 0.2) is 51.7 Å². The summed E-state index contributed by atoms with van der Waals surface area (Å²) >= 11 is 0. The van der Waals surface area contributed by atoms with Crippen LogP contribution in [0.4, 0.5) is 0 Å². The average Bonchev–Trinajstić information content (AvgIpc) is 2.18. The molecule has 0 aliphatic carbocycles. The standard InChI is InChI=1S/C12H17NOS/c1-11(2)9-10-13-15(3,14)12-7-5-4-6-8-12/h4-8H,1,9-10H2,2-3H3. The van der Waals surface area contributed by atoms with Crippen LogP contribution < -0.4 is 0 Å². The molecule has 1 unspecified atom stereocenters. The molecule has 0 spiro atoms. The molecule has 1 rings (SSSR count). The van der Waals surface area contributed by atoms with Gasteiger partial charge in [0.2, 0.25) is 0 Å². The molecule has 0 fully saturated rings. The third kappa shape index (κ3) is 3.88. The molecule has 0 heterocycles. The number of rotatable bonds is 4. The van der Waals surface area contributed by atoms with E-state index < -0.39 is 9.73 Å².